The Kier molecular flexibility index (Phi) is 3.76. The van der Waals surface area contributed by atoms with Crippen LogP contribution in [-0.2, 0) is 7.05 Å². The van der Waals surface area contributed by atoms with Gasteiger partial charge in [-0.15, -0.1) is 5.10 Å². The van der Waals surface area contributed by atoms with E-state index < -0.39 is 5.97 Å². The van der Waals surface area contributed by atoms with E-state index in [1.54, 1.807) is 29.1 Å². The number of nitrogens with zero attached hydrogens (tertiary/aromatic N) is 4. The molecule has 0 aliphatic carbocycles. The van der Waals surface area contributed by atoms with Gasteiger partial charge in [0.25, 0.3) is 5.88 Å². The standard InChI is InChI=1S/C15H11N5O3/c1-20-11(7-8-16-20)6-5-10-3-2-4-12(9-10)23-14-13(15(21)22)17-19-18-14/h2-4,7-9H,1H3,(H,21,22)(H,17,18,19). The number of rotatable bonds is 3. The van der Waals surface area contributed by atoms with Crippen molar-refractivity contribution in [2.45, 2.75) is 0 Å². The quantitative estimate of drug-likeness (QED) is 0.709. The Morgan fingerprint density at radius 3 is 2.96 bits per heavy atom. The summed E-state index contributed by atoms with van der Waals surface area (Å²) in [5, 5.41) is 22.3. The lowest BCUT2D eigenvalue weighted by molar-refractivity contribution is 0.0687. The van der Waals surface area contributed by atoms with E-state index in [2.05, 4.69) is 32.4 Å². The number of carboxylic acids is 1. The number of carbonyl (C=O) groups is 1. The Labute approximate surface area is 130 Å². The van der Waals surface area contributed by atoms with Crippen LogP contribution in [-0.4, -0.2) is 36.3 Å². The maximum Gasteiger partial charge on any atom is 0.362 e. The predicted octanol–water partition coefficient (Wildman–Crippen LogP) is 1.43. The molecule has 0 bridgehead atoms. The Morgan fingerprint density at radius 1 is 1.35 bits per heavy atom. The van der Waals surface area contributed by atoms with Gasteiger partial charge in [0.2, 0.25) is 5.69 Å². The van der Waals surface area contributed by atoms with Gasteiger partial charge in [0.1, 0.15) is 11.4 Å². The van der Waals surface area contributed by atoms with Gasteiger partial charge in [0.15, 0.2) is 0 Å². The lowest BCUT2D eigenvalue weighted by Gasteiger charge is -2.03. The molecule has 2 N–H and O–H groups in total. The zero-order valence-electron chi connectivity index (χ0n) is 12.0. The van der Waals surface area contributed by atoms with Gasteiger partial charge in [-0.05, 0) is 30.2 Å². The normalized spacial score (nSPS) is 9.96. The predicted molar refractivity (Wildman–Crippen MR) is 79.0 cm³/mol. The molecule has 3 aromatic rings. The van der Waals surface area contributed by atoms with Gasteiger partial charge in [-0.1, -0.05) is 17.2 Å². The summed E-state index contributed by atoms with van der Waals surface area (Å²) in [6.07, 6.45) is 1.67. The van der Waals surface area contributed by atoms with Crippen molar-refractivity contribution in [2.24, 2.45) is 7.05 Å². The second-order valence-electron chi connectivity index (χ2n) is 4.51. The zero-order valence-corrected chi connectivity index (χ0v) is 12.0. The van der Waals surface area contributed by atoms with Crippen LogP contribution in [0.5, 0.6) is 11.6 Å². The molecule has 0 fully saturated rings. The number of aromatic amines is 1. The Morgan fingerprint density at radius 2 is 2.22 bits per heavy atom. The van der Waals surface area contributed by atoms with E-state index in [-0.39, 0.29) is 11.6 Å². The van der Waals surface area contributed by atoms with Crippen molar-refractivity contribution < 1.29 is 14.6 Å². The highest BCUT2D eigenvalue weighted by Crippen LogP contribution is 2.22. The second-order valence-corrected chi connectivity index (χ2v) is 4.51. The SMILES string of the molecule is Cn1nccc1C#Cc1cccc(Oc2[nH]nnc2C(=O)O)c1. The van der Waals surface area contributed by atoms with Gasteiger partial charge in [0, 0.05) is 12.6 Å². The highest BCUT2D eigenvalue weighted by Gasteiger charge is 2.16. The third kappa shape index (κ3) is 3.19. The van der Waals surface area contributed by atoms with Gasteiger partial charge in [-0.25, -0.2) is 9.89 Å². The van der Waals surface area contributed by atoms with Gasteiger partial charge >= 0.3 is 5.97 Å². The fraction of sp³-hybridized carbons (Fsp3) is 0.0667. The average molecular weight is 309 g/mol. The molecule has 23 heavy (non-hydrogen) atoms. The third-order valence-corrected chi connectivity index (χ3v) is 2.93. The largest absolute Gasteiger partial charge is 0.476 e. The smallest absolute Gasteiger partial charge is 0.362 e. The molecule has 3 rings (SSSR count). The molecule has 114 valence electrons. The molecule has 0 spiro atoms. The molecule has 0 saturated carbocycles. The summed E-state index contributed by atoms with van der Waals surface area (Å²) >= 11 is 0. The lowest BCUT2D eigenvalue weighted by Crippen LogP contribution is -1.99. The van der Waals surface area contributed by atoms with Crippen LogP contribution in [0.4, 0.5) is 0 Å². The minimum atomic E-state index is -1.22. The summed E-state index contributed by atoms with van der Waals surface area (Å²) < 4.78 is 7.13. The summed E-state index contributed by atoms with van der Waals surface area (Å²) in [4.78, 5) is 11.0. The number of carboxylic acid groups (broad SMARTS) is 1. The first-order valence-electron chi connectivity index (χ1n) is 6.56. The lowest BCUT2D eigenvalue weighted by atomic mass is 10.2. The Balaban J connectivity index is 1.83. The molecule has 0 saturated heterocycles. The number of benzene rings is 1. The van der Waals surface area contributed by atoms with Crippen LogP contribution in [0.3, 0.4) is 0 Å². The topological polar surface area (TPSA) is 106 Å². The van der Waals surface area contributed by atoms with Gasteiger partial charge in [-0.3, -0.25) is 4.68 Å². The third-order valence-electron chi connectivity index (χ3n) is 2.93. The molecule has 2 heterocycles. The molecule has 0 amide bonds. The monoisotopic (exact) mass is 309 g/mol. The van der Waals surface area contributed by atoms with Crippen molar-refractivity contribution in [1.29, 1.82) is 0 Å². The van der Waals surface area contributed by atoms with Crippen LogP contribution in [0.2, 0.25) is 0 Å². The molecular weight excluding hydrogens is 298 g/mol. The molecule has 8 heteroatoms. The first-order valence-corrected chi connectivity index (χ1v) is 6.56. The minimum Gasteiger partial charge on any atom is -0.476 e. The van der Waals surface area contributed by atoms with E-state index in [1.165, 1.54) is 0 Å². The van der Waals surface area contributed by atoms with Gasteiger partial charge in [0.05, 0.1) is 6.20 Å². The van der Waals surface area contributed by atoms with Crippen LogP contribution < -0.4 is 4.74 Å². The number of hydrogen-bond acceptors (Lipinski definition) is 5. The van der Waals surface area contributed by atoms with E-state index in [1.807, 2.05) is 19.2 Å². The van der Waals surface area contributed by atoms with Gasteiger partial charge in [-0.2, -0.15) is 5.10 Å². The van der Waals surface area contributed by atoms with Crippen molar-refractivity contribution in [3.63, 3.8) is 0 Å². The first-order chi connectivity index (χ1) is 11.1. The summed E-state index contributed by atoms with van der Waals surface area (Å²) in [5.74, 6) is 5.16. The Hall–Kier alpha value is -3.60. The molecule has 0 radical (unpaired) electrons. The van der Waals surface area contributed by atoms with E-state index >= 15 is 0 Å². The molecular formula is C15H11N5O3. The van der Waals surface area contributed by atoms with Crippen LogP contribution in [0.25, 0.3) is 0 Å². The van der Waals surface area contributed by atoms with Crippen LogP contribution in [0.1, 0.15) is 21.7 Å². The van der Waals surface area contributed by atoms with Crippen molar-refractivity contribution in [3.05, 3.63) is 53.5 Å². The first kappa shape index (κ1) is 14.3. The van der Waals surface area contributed by atoms with Crippen molar-refractivity contribution >= 4 is 5.97 Å². The molecule has 0 atom stereocenters. The highest BCUT2D eigenvalue weighted by molar-refractivity contribution is 5.87. The summed E-state index contributed by atoms with van der Waals surface area (Å²) in [7, 11) is 1.81. The molecule has 0 unspecified atom stereocenters. The fourth-order valence-electron chi connectivity index (χ4n) is 1.82. The zero-order chi connectivity index (χ0) is 16.2. The molecule has 0 aliphatic heterocycles. The Bertz CT molecular complexity index is 916. The van der Waals surface area contributed by atoms with E-state index in [4.69, 9.17) is 9.84 Å². The summed E-state index contributed by atoms with van der Waals surface area (Å²) in [5.41, 5.74) is 1.21. The molecule has 2 aromatic heterocycles. The fourth-order valence-corrected chi connectivity index (χ4v) is 1.82. The summed E-state index contributed by atoms with van der Waals surface area (Å²) in [6, 6.07) is 8.76. The van der Waals surface area contributed by atoms with Crippen LogP contribution in [0, 0.1) is 11.8 Å². The van der Waals surface area contributed by atoms with Gasteiger partial charge < -0.3 is 9.84 Å². The number of aromatic nitrogens is 5. The van der Waals surface area contributed by atoms with Crippen molar-refractivity contribution in [1.82, 2.24) is 25.2 Å². The molecule has 1 aromatic carbocycles. The van der Waals surface area contributed by atoms with E-state index in [0.29, 0.717) is 11.3 Å². The van der Waals surface area contributed by atoms with E-state index in [0.717, 1.165) is 5.69 Å². The maximum absolute atomic E-state index is 11.0. The number of aryl methyl sites for hydroxylation is 1. The van der Waals surface area contributed by atoms with Crippen LogP contribution >= 0.6 is 0 Å². The van der Waals surface area contributed by atoms with Crippen molar-refractivity contribution in [2.75, 3.05) is 0 Å². The molecule has 0 aliphatic rings. The molecule has 8 nitrogen and oxygen atoms in total. The number of ether oxygens (including phenoxy) is 1. The maximum atomic E-state index is 11.0. The number of nitrogens with one attached hydrogen (secondary N) is 1. The number of hydrogen-bond donors (Lipinski definition) is 2. The number of aromatic carboxylic acids is 1. The minimum absolute atomic E-state index is 0.0331. The average Bonchev–Trinajstić information content (AvgIpc) is 3.14. The van der Waals surface area contributed by atoms with Crippen molar-refractivity contribution in [3.8, 4) is 23.5 Å². The number of H-pyrrole nitrogens is 1. The second kappa shape index (κ2) is 6.03. The summed E-state index contributed by atoms with van der Waals surface area (Å²) in [6.45, 7) is 0. The highest BCUT2D eigenvalue weighted by atomic mass is 16.5. The van der Waals surface area contributed by atoms with Crippen LogP contribution in [0.15, 0.2) is 36.5 Å². The van der Waals surface area contributed by atoms with E-state index in [9.17, 15) is 4.79 Å².